The molecular formula is C23H23FN4OS. The third-order valence-corrected chi connectivity index (χ3v) is 6.04. The number of carbonyl (C=O) groups excluding carboxylic acids is 1. The first-order valence-electron chi connectivity index (χ1n) is 9.92. The molecule has 0 aliphatic carbocycles. The van der Waals surface area contributed by atoms with Crippen LogP contribution in [0.1, 0.15) is 12.8 Å². The highest BCUT2D eigenvalue weighted by Gasteiger charge is 2.26. The quantitative estimate of drug-likeness (QED) is 0.595. The molecule has 1 fully saturated rings. The van der Waals surface area contributed by atoms with Crippen LogP contribution >= 0.6 is 11.8 Å². The molecule has 1 aliphatic heterocycles. The van der Waals surface area contributed by atoms with E-state index in [9.17, 15) is 9.18 Å². The number of amides is 1. The molecule has 1 amide bonds. The lowest BCUT2D eigenvalue weighted by Crippen LogP contribution is -2.38. The summed E-state index contributed by atoms with van der Waals surface area (Å²) in [5.41, 5.74) is 2.38. The molecule has 0 unspecified atom stereocenters. The second kappa shape index (κ2) is 9.26. The Kier molecular flexibility index (Phi) is 6.28. The summed E-state index contributed by atoms with van der Waals surface area (Å²) in [6.07, 6.45) is 3.57. The average molecular weight is 423 g/mol. The molecule has 0 saturated carbocycles. The van der Waals surface area contributed by atoms with E-state index in [-0.39, 0.29) is 17.6 Å². The monoisotopic (exact) mass is 422 g/mol. The zero-order valence-corrected chi connectivity index (χ0v) is 17.5. The fraction of sp³-hybridized carbons (Fsp3) is 0.261. The molecule has 0 radical (unpaired) electrons. The fourth-order valence-electron chi connectivity index (χ4n) is 3.58. The zero-order valence-electron chi connectivity index (χ0n) is 16.7. The number of carbonyl (C=O) groups is 1. The third-order valence-electron chi connectivity index (χ3n) is 5.32. The number of hydrogen-bond acceptors (Lipinski definition) is 5. The standard InChI is InChI=1S/C23H23FN4OS/c1-30-20-4-2-3-19(15-20)25-23(29)17-11-13-28(14-12-17)22-10-9-21(26-27-22)16-5-7-18(24)8-6-16/h2-10,15,17H,11-14H2,1H3,(H,25,29). The smallest absolute Gasteiger partial charge is 0.227 e. The van der Waals surface area contributed by atoms with Gasteiger partial charge in [-0.05, 0) is 73.7 Å². The fourth-order valence-corrected chi connectivity index (χ4v) is 4.04. The van der Waals surface area contributed by atoms with Crippen LogP contribution in [0.4, 0.5) is 15.9 Å². The number of anilines is 2. The largest absolute Gasteiger partial charge is 0.355 e. The van der Waals surface area contributed by atoms with Gasteiger partial charge in [-0.1, -0.05) is 6.07 Å². The van der Waals surface area contributed by atoms with Crippen LogP contribution in [0.5, 0.6) is 0 Å². The Morgan fingerprint density at radius 1 is 1.07 bits per heavy atom. The van der Waals surface area contributed by atoms with Gasteiger partial charge in [0.1, 0.15) is 5.82 Å². The second-order valence-corrected chi connectivity index (χ2v) is 8.15. The molecule has 1 aromatic heterocycles. The van der Waals surface area contributed by atoms with Crippen molar-refractivity contribution in [3.8, 4) is 11.3 Å². The Balaban J connectivity index is 1.33. The number of thioether (sulfide) groups is 1. The summed E-state index contributed by atoms with van der Waals surface area (Å²) in [7, 11) is 0. The predicted octanol–water partition coefficient (Wildman–Crippen LogP) is 4.86. The molecule has 30 heavy (non-hydrogen) atoms. The summed E-state index contributed by atoms with van der Waals surface area (Å²) >= 11 is 1.66. The summed E-state index contributed by atoms with van der Waals surface area (Å²) in [5, 5.41) is 11.7. The predicted molar refractivity (Wildman–Crippen MR) is 119 cm³/mol. The molecule has 1 N–H and O–H groups in total. The van der Waals surface area contributed by atoms with Crippen molar-refractivity contribution < 1.29 is 9.18 Å². The van der Waals surface area contributed by atoms with Crippen molar-refractivity contribution in [3.63, 3.8) is 0 Å². The van der Waals surface area contributed by atoms with Crippen molar-refractivity contribution >= 4 is 29.2 Å². The van der Waals surface area contributed by atoms with Gasteiger partial charge < -0.3 is 10.2 Å². The minimum atomic E-state index is -0.271. The summed E-state index contributed by atoms with van der Waals surface area (Å²) in [6, 6.07) is 17.9. The number of aromatic nitrogens is 2. The molecule has 0 bridgehead atoms. The highest BCUT2D eigenvalue weighted by Crippen LogP contribution is 2.25. The molecule has 3 aromatic rings. The van der Waals surface area contributed by atoms with Gasteiger partial charge in [0.15, 0.2) is 5.82 Å². The molecule has 5 nitrogen and oxygen atoms in total. The lowest BCUT2D eigenvalue weighted by Gasteiger charge is -2.31. The maximum atomic E-state index is 13.1. The minimum absolute atomic E-state index is 0.00867. The van der Waals surface area contributed by atoms with E-state index in [0.29, 0.717) is 5.69 Å². The topological polar surface area (TPSA) is 58.1 Å². The molecule has 2 aromatic carbocycles. The zero-order chi connectivity index (χ0) is 20.9. The van der Waals surface area contributed by atoms with E-state index in [0.717, 1.165) is 47.9 Å². The van der Waals surface area contributed by atoms with Gasteiger partial charge >= 0.3 is 0 Å². The lowest BCUT2D eigenvalue weighted by atomic mass is 9.96. The van der Waals surface area contributed by atoms with Crippen LogP contribution in [0.25, 0.3) is 11.3 Å². The van der Waals surface area contributed by atoms with Gasteiger partial charge in [0.2, 0.25) is 5.91 Å². The second-order valence-electron chi connectivity index (χ2n) is 7.27. The van der Waals surface area contributed by atoms with Crippen molar-refractivity contribution in [2.75, 3.05) is 29.6 Å². The maximum Gasteiger partial charge on any atom is 0.227 e. The first-order valence-corrected chi connectivity index (χ1v) is 11.1. The molecule has 2 heterocycles. The van der Waals surface area contributed by atoms with Crippen LogP contribution in [0.3, 0.4) is 0 Å². The van der Waals surface area contributed by atoms with E-state index in [1.54, 1.807) is 23.9 Å². The highest BCUT2D eigenvalue weighted by molar-refractivity contribution is 7.98. The van der Waals surface area contributed by atoms with E-state index in [1.807, 2.05) is 42.7 Å². The third kappa shape index (κ3) is 4.79. The van der Waals surface area contributed by atoms with Crippen molar-refractivity contribution in [1.82, 2.24) is 10.2 Å². The molecular weight excluding hydrogens is 399 g/mol. The van der Waals surface area contributed by atoms with Crippen molar-refractivity contribution in [2.45, 2.75) is 17.7 Å². The first kappa shape index (κ1) is 20.3. The Bertz CT molecular complexity index is 1000. The Hall–Kier alpha value is -2.93. The molecule has 4 rings (SSSR count). The van der Waals surface area contributed by atoms with E-state index in [2.05, 4.69) is 20.4 Å². The maximum absolute atomic E-state index is 13.1. The van der Waals surface area contributed by atoms with Crippen molar-refractivity contribution in [2.24, 2.45) is 5.92 Å². The number of benzene rings is 2. The molecule has 154 valence electrons. The van der Waals surface area contributed by atoms with Gasteiger partial charge in [-0.25, -0.2) is 4.39 Å². The highest BCUT2D eigenvalue weighted by atomic mass is 32.2. The van der Waals surface area contributed by atoms with E-state index < -0.39 is 0 Å². The van der Waals surface area contributed by atoms with E-state index in [1.165, 1.54) is 12.1 Å². The first-order chi connectivity index (χ1) is 14.6. The Morgan fingerprint density at radius 2 is 1.83 bits per heavy atom. The average Bonchev–Trinajstić information content (AvgIpc) is 2.80. The number of piperidine rings is 1. The molecule has 0 spiro atoms. The Morgan fingerprint density at radius 3 is 2.50 bits per heavy atom. The van der Waals surface area contributed by atoms with Crippen molar-refractivity contribution in [3.05, 3.63) is 66.5 Å². The molecule has 1 aliphatic rings. The minimum Gasteiger partial charge on any atom is -0.355 e. The van der Waals surface area contributed by atoms with Gasteiger partial charge in [-0.3, -0.25) is 4.79 Å². The summed E-state index contributed by atoms with van der Waals surface area (Å²) < 4.78 is 13.1. The number of nitrogens with zero attached hydrogens (tertiary/aromatic N) is 3. The number of rotatable bonds is 5. The van der Waals surface area contributed by atoms with E-state index in [4.69, 9.17) is 0 Å². The summed E-state index contributed by atoms with van der Waals surface area (Å²) in [5.74, 6) is 0.593. The van der Waals surface area contributed by atoms with Gasteiger partial charge in [0, 0.05) is 35.2 Å². The van der Waals surface area contributed by atoms with Crippen LogP contribution < -0.4 is 10.2 Å². The molecule has 0 atom stereocenters. The van der Waals surface area contributed by atoms with Gasteiger partial charge in [-0.15, -0.1) is 22.0 Å². The number of hydrogen-bond donors (Lipinski definition) is 1. The van der Waals surface area contributed by atoms with Gasteiger partial charge in [0.25, 0.3) is 0 Å². The Labute approximate surface area is 179 Å². The summed E-state index contributed by atoms with van der Waals surface area (Å²) in [4.78, 5) is 15.9. The van der Waals surface area contributed by atoms with Crippen LogP contribution in [0.2, 0.25) is 0 Å². The number of nitrogens with one attached hydrogen (secondary N) is 1. The van der Waals surface area contributed by atoms with Crippen LogP contribution in [0, 0.1) is 11.7 Å². The van der Waals surface area contributed by atoms with Crippen LogP contribution in [0.15, 0.2) is 65.6 Å². The summed E-state index contributed by atoms with van der Waals surface area (Å²) in [6.45, 7) is 1.51. The normalized spacial score (nSPS) is 14.5. The lowest BCUT2D eigenvalue weighted by molar-refractivity contribution is -0.120. The van der Waals surface area contributed by atoms with Crippen LogP contribution in [-0.2, 0) is 4.79 Å². The SMILES string of the molecule is CSc1cccc(NC(=O)C2CCN(c3ccc(-c4ccc(F)cc4)nn3)CC2)c1. The van der Waals surface area contributed by atoms with E-state index >= 15 is 0 Å². The van der Waals surface area contributed by atoms with Gasteiger partial charge in [0.05, 0.1) is 5.69 Å². The number of halogens is 1. The molecule has 1 saturated heterocycles. The van der Waals surface area contributed by atoms with Gasteiger partial charge in [-0.2, -0.15) is 0 Å². The van der Waals surface area contributed by atoms with Crippen molar-refractivity contribution in [1.29, 1.82) is 0 Å². The van der Waals surface area contributed by atoms with Crippen LogP contribution in [-0.4, -0.2) is 35.4 Å². The molecule has 7 heteroatoms.